The van der Waals surface area contributed by atoms with E-state index in [0.29, 0.717) is 27.3 Å². The van der Waals surface area contributed by atoms with Gasteiger partial charge < -0.3 is 10.4 Å². The monoisotopic (exact) mass is 345 g/mol. The van der Waals surface area contributed by atoms with Gasteiger partial charge in [-0.1, -0.05) is 35.3 Å². The SMILES string of the molecule is Cc1cc(Nc2cc(Cl)cc(Cl)c2)nc(-c2ccccc2O)n1. The molecule has 0 radical (unpaired) electrons. The van der Waals surface area contributed by atoms with Gasteiger partial charge in [-0.05, 0) is 37.3 Å². The maximum atomic E-state index is 9.97. The number of nitrogens with zero attached hydrogens (tertiary/aromatic N) is 2. The molecule has 0 saturated carbocycles. The Morgan fingerprint density at radius 3 is 2.35 bits per heavy atom. The summed E-state index contributed by atoms with van der Waals surface area (Å²) >= 11 is 12.0. The van der Waals surface area contributed by atoms with Gasteiger partial charge >= 0.3 is 0 Å². The van der Waals surface area contributed by atoms with Crippen LogP contribution in [0.25, 0.3) is 11.4 Å². The molecule has 0 aliphatic rings. The van der Waals surface area contributed by atoms with Gasteiger partial charge in [-0.2, -0.15) is 0 Å². The lowest BCUT2D eigenvalue weighted by Crippen LogP contribution is -1.99. The van der Waals surface area contributed by atoms with E-state index in [2.05, 4.69) is 15.3 Å². The lowest BCUT2D eigenvalue weighted by Gasteiger charge is -2.10. The highest BCUT2D eigenvalue weighted by atomic mass is 35.5. The van der Waals surface area contributed by atoms with Gasteiger partial charge in [-0.15, -0.1) is 0 Å². The van der Waals surface area contributed by atoms with Gasteiger partial charge in [-0.25, -0.2) is 9.97 Å². The average molecular weight is 346 g/mol. The highest BCUT2D eigenvalue weighted by molar-refractivity contribution is 6.35. The molecule has 116 valence electrons. The van der Waals surface area contributed by atoms with E-state index >= 15 is 0 Å². The molecule has 1 aromatic heterocycles. The van der Waals surface area contributed by atoms with Crippen LogP contribution in [0.4, 0.5) is 11.5 Å². The van der Waals surface area contributed by atoms with Crippen LogP contribution in [0.1, 0.15) is 5.69 Å². The number of aromatic hydroxyl groups is 1. The molecule has 0 atom stereocenters. The lowest BCUT2D eigenvalue weighted by atomic mass is 10.2. The van der Waals surface area contributed by atoms with Crippen molar-refractivity contribution in [2.24, 2.45) is 0 Å². The summed E-state index contributed by atoms with van der Waals surface area (Å²) in [6.07, 6.45) is 0. The van der Waals surface area contributed by atoms with E-state index < -0.39 is 0 Å². The largest absolute Gasteiger partial charge is 0.507 e. The Hall–Kier alpha value is -2.30. The van der Waals surface area contributed by atoms with E-state index in [9.17, 15) is 5.11 Å². The van der Waals surface area contributed by atoms with Gasteiger partial charge in [0.15, 0.2) is 5.82 Å². The second-order valence-corrected chi connectivity index (χ2v) is 5.89. The fourth-order valence-corrected chi connectivity index (χ4v) is 2.72. The van der Waals surface area contributed by atoms with Crippen molar-refractivity contribution in [2.45, 2.75) is 6.92 Å². The quantitative estimate of drug-likeness (QED) is 0.684. The Kier molecular flexibility index (Phi) is 4.37. The molecule has 6 heteroatoms. The van der Waals surface area contributed by atoms with Gasteiger partial charge in [0.1, 0.15) is 11.6 Å². The zero-order valence-corrected chi connectivity index (χ0v) is 13.7. The third-order valence-electron chi connectivity index (χ3n) is 3.13. The van der Waals surface area contributed by atoms with Crippen molar-refractivity contribution in [3.05, 3.63) is 64.3 Å². The van der Waals surface area contributed by atoms with Crippen LogP contribution in [0.5, 0.6) is 5.75 Å². The molecule has 0 bridgehead atoms. The number of aromatic nitrogens is 2. The van der Waals surface area contributed by atoms with E-state index in [1.807, 2.05) is 13.0 Å². The standard InChI is InChI=1S/C17H13Cl2N3O/c1-10-6-16(21-13-8-11(18)7-12(19)9-13)22-17(20-10)14-4-2-3-5-15(14)23/h2-9,23H,1H3,(H,20,21,22). The second-order valence-electron chi connectivity index (χ2n) is 5.02. The summed E-state index contributed by atoms with van der Waals surface area (Å²) in [5.74, 6) is 1.17. The molecule has 0 aliphatic heterocycles. The first-order valence-electron chi connectivity index (χ1n) is 6.88. The Morgan fingerprint density at radius 2 is 1.65 bits per heavy atom. The summed E-state index contributed by atoms with van der Waals surface area (Å²) in [4.78, 5) is 8.83. The Morgan fingerprint density at radius 1 is 0.957 bits per heavy atom. The number of hydrogen-bond donors (Lipinski definition) is 2. The van der Waals surface area contributed by atoms with E-state index in [-0.39, 0.29) is 5.75 Å². The van der Waals surface area contributed by atoms with Crippen LogP contribution in [0.15, 0.2) is 48.5 Å². The molecule has 2 aromatic carbocycles. The minimum Gasteiger partial charge on any atom is -0.507 e. The summed E-state index contributed by atoms with van der Waals surface area (Å²) in [5, 5.41) is 14.2. The van der Waals surface area contributed by atoms with Crippen LogP contribution >= 0.6 is 23.2 Å². The van der Waals surface area contributed by atoms with Crippen molar-refractivity contribution >= 4 is 34.7 Å². The third-order valence-corrected chi connectivity index (χ3v) is 3.57. The number of benzene rings is 2. The van der Waals surface area contributed by atoms with E-state index in [1.165, 1.54) is 0 Å². The van der Waals surface area contributed by atoms with Crippen LogP contribution < -0.4 is 5.32 Å². The minimum atomic E-state index is 0.134. The molecule has 3 rings (SSSR count). The first kappa shape index (κ1) is 15.6. The molecule has 2 N–H and O–H groups in total. The van der Waals surface area contributed by atoms with Crippen LogP contribution in [0.2, 0.25) is 10.0 Å². The number of phenolic OH excluding ortho intramolecular Hbond substituents is 1. The van der Waals surface area contributed by atoms with E-state index in [1.54, 1.807) is 42.5 Å². The van der Waals surface area contributed by atoms with E-state index in [0.717, 1.165) is 11.4 Å². The third kappa shape index (κ3) is 3.73. The van der Waals surface area contributed by atoms with Gasteiger partial charge in [-0.3, -0.25) is 0 Å². The molecule has 23 heavy (non-hydrogen) atoms. The van der Waals surface area contributed by atoms with Crippen molar-refractivity contribution in [2.75, 3.05) is 5.32 Å². The van der Waals surface area contributed by atoms with Crippen LogP contribution in [-0.2, 0) is 0 Å². The molecule has 4 nitrogen and oxygen atoms in total. The molecule has 0 fully saturated rings. The van der Waals surface area contributed by atoms with Crippen molar-refractivity contribution in [3.63, 3.8) is 0 Å². The molecule has 3 aromatic rings. The maximum absolute atomic E-state index is 9.97. The first-order valence-corrected chi connectivity index (χ1v) is 7.64. The lowest BCUT2D eigenvalue weighted by molar-refractivity contribution is 0.477. The summed E-state index contributed by atoms with van der Waals surface area (Å²) in [7, 11) is 0. The number of phenols is 1. The first-order chi connectivity index (χ1) is 11.0. The summed E-state index contributed by atoms with van der Waals surface area (Å²) in [6, 6.07) is 13.9. The van der Waals surface area contributed by atoms with Gasteiger partial charge in [0.2, 0.25) is 0 Å². The van der Waals surface area contributed by atoms with E-state index in [4.69, 9.17) is 23.2 Å². The highest BCUT2D eigenvalue weighted by Crippen LogP contribution is 2.29. The fraction of sp³-hybridized carbons (Fsp3) is 0.0588. The molecular weight excluding hydrogens is 333 g/mol. The predicted octanol–water partition coefficient (Wildman–Crippen LogP) is 5.21. The molecule has 1 heterocycles. The van der Waals surface area contributed by atoms with Crippen molar-refractivity contribution < 1.29 is 5.11 Å². The highest BCUT2D eigenvalue weighted by Gasteiger charge is 2.09. The average Bonchev–Trinajstić information content (AvgIpc) is 2.45. The zero-order valence-electron chi connectivity index (χ0n) is 12.2. The summed E-state index contributed by atoms with van der Waals surface area (Å²) in [5.41, 5.74) is 2.07. The zero-order chi connectivity index (χ0) is 16.4. The van der Waals surface area contributed by atoms with Crippen molar-refractivity contribution in [1.82, 2.24) is 9.97 Å². The van der Waals surface area contributed by atoms with Gasteiger partial charge in [0.25, 0.3) is 0 Å². The molecule has 0 unspecified atom stereocenters. The Labute approximate surface area is 143 Å². The molecule has 0 amide bonds. The van der Waals surface area contributed by atoms with Crippen LogP contribution in [0, 0.1) is 6.92 Å². The van der Waals surface area contributed by atoms with Crippen LogP contribution in [0.3, 0.4) is 0 Å². The number of rotatable bonds is 3. The molecule has 0 saturated heterocycles. The number of hydrogen-bond acceptors (Lipinski definition) is 4. The maximum Gasteiger partial charge on any atom is 0.165 e. The number of nitrogens with one attached hydrogen (secondary N) is 1. The Balaban J connectivity index is 1.99. The topological polar surface area (TPSA) is 58.0 Å². The number of anilines is 2. The smallest absolute Gasteiger partial charge is 0.165 e. The van der Waals surface area contributed by atoms with Crippen molar-refractivity contribution in [3.8, 4) is 17.1 Å². The Bertz CT molecular complexity index is 848. The molecule has 0 spiro atoms. The normalized spacial score (nSPS) is 10.6. The van der Waals surface area contributed by atoms with Gasteiger partial charge in [0.05, 0.1) is 5.56 Å². The predicted molar refractivity (Wildman–Crippen MR) is 93.6 cm³/mol. The number of para-hydroxylation sites is 1. The fourth-order valence-electron chi connectivity index (χ4n) is 2.19. The van der Waals surface area contributed by atoms with Crippen LogP contribution in [-0.4, -0.2) is 15.1 Å². The number of aryl methyl sites for hydroxylation is 1. The molecular formula is C17H13Cl2N3O. The van der Waals surface area contributed by atoms with Gasteiger partial charge in [0, 0.05) is 27.5 Å². The second kappa shape index (κ2) is 6.44. The summed E-state index contributed by atoms with van der Waals surface area (Å²) in [6.45, 7) is 1.86. The molecule has 0 aliphatic carbocycles. The van der Waals surface area contributed by atoms with Crippen molar-refractivity contribution in [1.29, 1.82) is 0 Å². The minimum absolute atomic E-state index is 0.134. The number of halogens is 2. The summed E-state index contributed by atoms with van der Waals surface area (Å²) < 4.78 is 0.